The van der Waals surface area contributed by atoms with E-state index in [1.54, 1.807) is 6.07 Å². The summed E-state index contributed by atoms with van der Waals surface area (Å²) in [6.45, 7) is 5.67. The fourth-order valence-electron chi connectivity index (χ4n) is 2.28. The molecule has 5 nitrogen and oxygen atoms in total. The van der Waals surface area contributed by atoms with Crippen molar-refractivity contribution in [1.82, 2.24) is 5.32 Å². The molecule has 0 amide bonds. The SMILES string of the molecule is COC(=O)c1cc(N)cc(N2CCNCC2)c1C. The van der Waals surface area contributed by atoms with Crippen LogP contribution in [0.25, 0.3) is 0 Å². The lowest BCUT2D eigenvalue weighted by atomic mass is 10.0. The van der Waals surface area contributed by atoms with Crippen LogP contribution in [-0.4, -0.2) is 39.3 Å². The molecule has 0 unspecified atom stereocenters. The van der Waals surface area contributed by atoms with Crippen molar-refractivity contribution in [2.75, 3.05) is 43.9 Å². The minimum Gasteiger partial charge on any atom is -0.465 e. The molecule has 0 saturated carbocycles. The summed E-state index contributed by atoms with van der Waals surface area (Å²) < 4.78 is 4.79. The molecule has 18 heavy (non-hydrogen) atoms. The number of ether oxygens (including phenoxy) is 1. The van der Waals surface area contributed by atoms with E-state index in [0.717, 1.165) is 37.4 Å². The number of piperazine rings is 1. The Morgan fingerprint density at radius 3 is 2.67 bits per heavy atom. The summed E-state index contributed by atoms with van der Waals surface area (Å²) >= 11 is 0. The Bertz CT molecular complexity index is 454. The van der Waals surface area contributed by atoms with E-state index in [9.17, 15) is 4.79 Å². The molecule has 0 spiro atoms. The Kier molecular flexibility index (Phi) is 3.72. The summed E-state index contributed by atoms with van der Waals surface area (Å²) in [4.78, 5) is 14.0. The van der Waals surface area contributed by atoms with Crippen molar-refractivity contribution in [3.63, 3.8) is 0 Å². The molecule has 3 N–H and O–H groups in total. The topological polar surface area (TPSA) is 67.6 Å². The highest BCUT2D eigenvalue weighted by Gasteiger charge is 2.18. The van der Waals surface area contributed by atoms with Gasteiger partial charge in [0.2, 0.25) is 0 Å². The maximum atomic E-state index is 11.7. The number of rotatable bonds is 2. The number of nitrogens with two attached hydrogens (primary N) is 1. The van der Waals surface area contributed by atoms with Gasteiger partial charge in [-0.2, -0.15) is 0 Å². The molecule has 1 aromatic carbocycles. The van der Waals surface area contributed by atoms with Crippen molar-refractivity contribution in [2.24, 2.45) is 0 Å². The lowest BCUT2D eigenvalue weighted by Crippen LogP contribution is -2.44. The Hall–Kier alpha value is -1.75. The van der Waals surface area contributed by atoms with E-state index in [1.165, 1.54) is 7.11 Å². The number of nitrogen functional groups attached to an aromatic ring is 1. The van der Waals surface area contributed by atoms with Crippen molar-refractivity contribution in [2.45, 2.75) is 6.92 Å². The second-order valence-corrected chi connectivity index (χ2v) is 4.44. The standard InChI is InChI=1S/C13H19N3O2/c1-9-11(13(17)18-2)7-10(14)8-12(9)16-5-3-15-4-6-16/h7-8,15H,3-6,14H2,1-2H3. The summed E-state index contributed by atoms with van der Waals surface area (Å²) in [6.07, 6.45) is 0. The van der Waals surface area contributed by atoms with Crippen LogP contribution in [0.1, 0.15) is 15.9 Å². The van der Waals surface area contributed by atoms with Crippen molar-refractivity contribution < 1.29 is 9.53 Å². The van der Waals surface area contributed by atoms with Gasteiger partial charge in [-0.05, 0) is 24.6 Å². The number of hydrogen-bond acceptors (Lipinski definition) is 5. The maximum Gasteiger partial charge on any atom is 0.338 e. The van der Waals surface area contributed by atoms with Gasteiger partial charge in [-0.25, -0.2) is 4.79 Å². The summed E-state index contributed by atoms with van der Waals surface area (Å²) in [5.74, 6) is -0.337. The van der Waals surface area contributed by atoms with Gasteiger partial charge in [-0.3, -0.25) is 0 Å². The number of carbonyl (C=O) groups excluding carboxylic acids is 1. The number of carbonyl (C=O) groups is 1. The highest BCUT2D eigenvalue weighted by molar-refractivity contribution is 5.94. The van der Waals surface area contributed by atoms with E-state index in [2.05, 4.69) is 10.2 Å². The number of benzene rings is 1. The predicted octanol–water partition coefficient (Wildman–Crippen LogP) is 0.773. The molecule has 0 bridgehead atoms. The molecule has 1 saturated heterocycles. The van der Waals surface area contributed by atoms with Gasteiger partial charge >= 0.3 is 5.97 Å². The smallest absolute Gasteiger partial charge is 0.338 e. The van der Waals surface area contributed by atoms with Crippen molar-refractivity contribution >= 4 is 17.3 Å². The van der Waals surface area contributed by atoms with Crippen LogP contribution in [0, 0.1) is 6.92 Å². The highest BCUT2D eigenvalue weighted by Crippen LogP contribution is 2.27. The third-order valence-corrected chi connectivity index (χ3v) is 3.27. The number of esters is 1. The lowest BCUT2D eigenvalue weighted by Gasteiger charge is -2.31. The molecular weight excluding hydrogens is 230 g/mol. The number of anilines is 2. The molecule has 0 aliphatic carbocycles. The molecule has 1 aliphatic rings. The molecule has 1 aromatic rings. The van der Waals surface area contributed by atoms with Crippen LogP contribution < -0.4 is 16.0 Å². The average molecular weight is 249 g/mol. The number of methoxy groups -OCH3 is 1. The number of hydrogen-bond donors (Lipinski definition) is 2. The van der Waals surface area contributed by atoms with Gasteiger partial charge in [-0.1, -0.05) is 0 Å². The molecule has 2 rings (SSSR count). The van der Waals surface area contributed by atoms with Gasteiger partial charge in [0.15, 0.2) is 0 Å². The van der Waals surface area contributed by atoms with Crippen LogP contribution in [0.5, 0.6) is 0 Å². The van der Waals surface area contributed by atoms with Crippen molar-refractivity contribution in [3.8, 4) is 0 Å². The van der Waals surface area contributed by atoms with Gasteiger partial charge in [-0.15, -0.1) is 0 Å². The van der Waals surface area contributed by atoms with Gasteiger partial charge < -0.3 is 20.7 Å². The van der Waals surface area contributed by atoms with Crippen molar-refractivity contribution in [3.05, 3.63) is 23.3 Å². The lowest BCUT2D eigenvalue weighted by molar-refractivity contribution is 0.0600. The first-order valence-electron chi connectivity index (χ1n) is 6.07. The second kappa shape index (κ2) is 5.27. The van der Waals surface area contributed by atoms with Crippen LogP contribution in [0.15, 0.2) is 12.1 Å². The number of nitrogens with zero attached hydrogens (tertiary/aromatic N) is 1. The quantitative estimate of drug-likeness (QED) is 0.598. The molecule has 5 heteroatoms. The van der Waals surface area contributed by atoms with Crippen LogP contribution in [0.3, 0.4) is 0 Å². The Balaban J connectivity index is 2.40. The Morgan fingerprint density at radius 2 is 2.06 bits per heavy atom. The van der Waals surface area contributed by atoms with Gasteiger partial charge in [0, 0.05) is 37.6 Å². The molecule has 1 heterocycles. The highest BCUT2D eigenvalue weighted by atomic mass is 16.5. The van der Waals surface area contributed by atoms with Gasteiger partial charge in [0.25, 0.3) is 0 Å². The second-order valence-electron chi connectivity index (χ2n) is 4.44. The molecule has 0 aromatic heterocycles. The van der Waals surface area contributed by atoms with Gasteiger partial charge in [0.1, 0.15) is 0 Å². The zero-order valence-corrected chi connectivity index (χ0v) is 10.8. The molecule has 98 valence electrons. The first-order chi connectivity index (χ1) is 8.63. The normalized spacial score (nSPS) is 15.6. The minimum absolute atomic E-state index is 0.337. The minimum atomic E-state index is -0.337. The number of nitrogens with one attached hydrogen (secondary N) is 1. The zero-order chi connectivity index (χ0) is 13.1. The Labute approximate surface area is 107 Å². The summed E-state index contributed by atoms with van der Waals surface area (Å²) in [5, 5.41) is 3.30. The molecule has 1 fully saturated rings. The van der Waals surface area contributed by atoms with Crippen molar-refractivity contribution in [1.29, 1.82) is 0 Å². The largest absolute Gasteiger partial charge is 0.465 e. The third-order valence-electron chi connectivity index (χ3n) is 3.27. The van der Waals surface area contributed by atoms with Crippen LogP contribution in [-0.2, 0) is 4.74 Å². The average Bonchev–Trinajstić information content (AvgIpc) is 2.41. The first-order valence-corrected chi connectivity index (χ1v) is 6.07. The van der Waals surface area contributed by atoms with E-state index in [0.29, 0.717) is 11.3 Å². The molecule has 0 atom stereocenters. The molecular formula is C13H19N3O2. The zero-order valence-electron chi connectivity index (χ0n) is 10.8. The van der Waals surface area contributed by atoms with Crippen LogP contribution in [0.2, 0.25) is 0 Å². The van der Waals surface area contributed by atoms with E-state index >= 15 is 0 Å². The molecule has 1 aliphatic heterocycles. The third kappa shape index (κ3) is 2.41. The van der Waals surface area contributed by atoms with Crippen LogP contribution >= 0.6 is 0 Å². The van der Waals surface area contributed by atoms with E-state index in [4.69, 9.17) is 10.5 Å². The van der Waals surface area contributed by atoms with E-state index < -0.39 is 0 Å². The van der Waals surface area contributed by atoms with Crippen LogP contribution in [0.4, 0.5) is 11.4 Å². The predicted molar refractivity (Wildman–Crippen MR) is 72.0 cm³/mol. The maximum absolute atomic E-state index is 11.7. The fourth-order valence-corrected chi connectivity index (χ4v) is 2.28. The monoisotopic (exact) mass is 249 g/mol. The summed E-state index contributed by atoms with van der Waals surface area (Å²) in [7, 11) is 1.38. The molecule has 0 radical (unpaired) electrons. The van der Waals surface area contributed by atoms with E-state index in [1.807, 2.05) is 13.0 Å². The van der Waals surface area contributed by atoms with E-state index in [-0.39, 0.29) is 5.97 Å². The first kappa shape index (κ1) is 12.7. The van der Waals surface area contributed by atoms with Gasteiger partial charge in [0.05, 0.1) is 12.7 Å². The summed E-state index contributed by atoms with van der Waals surface area (Å²) in [6, 6.07) is 3.60. The summed E-state index contributed by atoms with van der Waals surface area (Å²) in [5.41, 5.74) is 8.97. The fraction of sp³-hybridized carbons (Fsp3) is 0.462. The Morgan fingerprint density at radius 1 is 1.39 bits per heavy atom.